The van der Waals surface area contributed by atoms with Crippen molar-refractivity contribution in [2.45, 2.75) is 23.0 Å². The van der Waals surface area contributed by atoms with Crippen LogP contribution in [0.1, 0.15) is 17.0 Å². The van der Waals surface area contributed by atoms with Gasteiger partial charge in [-0.2, -0.15) is 0 Å². The van der Waals surface area contributed by atoms with Crippen molar-refractivity contribution in [3.63, 3.8) is 0 Å². The van der Waals surface area contributed by atoms with Crippen molar-refractivity contribution in [2.24, 2.45) is 11.1 Å². The van der Waals surface area contributed by atoms with E-state index in [9.17, 15) is 12.8 Å². The second-order valence-corrected chi connectivity index (χ2v) is 8.75. The van der Waals surface area contributed by atoms with Gasteiger partial charge >= 0.3 is 0 Å². The summed E-state index contributed by atoms with van der Waals surface area (Å²) >= 11 is 0. The molecule has 1 fully saturated rings. The average Bonchev–Trinajstić information content (AvgIpc) is 3.26. The van der Waals surface area contributed by atoms with Crippen LogP contribution in [0.2, 0.25) is 0 Å². The molecule has 1 saturated carbocycles. The van der Waals surface area contributed by atoms with E-state index in [1.54, 1.807) is 36.4 Å². The molecular formula is C19H22FNO3S. The molecule has 2 N–H and O–H groups in total. The Kier molecular flexibility index (Phi) is 4.70. The molecule has 0 radical (unpaired) electrons. The van der Waals surface area contributed by atoms with Gasteiger partial charge in [0.1, 0.15) is 5.82 Å². The quantitative estimate of drug-likeness (QED) is 0.857. The Labute approximate surface area is 147 Å². The van der Waals surface area contributed by atoms with Crippen molar-refractivity contribution < 1.29 is 17.5 Å². The Morgan fingerprint density at radius 1 is 1.20 bits per heavy atom. The summed E-state index contributed by atoms with van der Waals surface area (Å²) in [5.74, 6) is -0.779. The number of benzene rings is 2. The molecule has 1 aliphatic carbocycles. The van der Waals surface area contributed by atoms with Crippen LogP contribution >= 0.6 is 0 Å². The zero-order valence-electron chi connectivity index (χ0n) is 14.3. The molecular weight excluding hydrogens is 341 g/mol. The van der Waals surface area contributed by atoms with Gasteiger partial charge in [0.15, 0.2) is 9.84 Å². The summed E-state index contributed by atoms with van der Waals surface area (Å²) in [5, 5.41) is -0.727. The zero-order chi connectivity index (χ0) is 18.2. The fourth-order valence-electron chi connectivity index (χ4n) is 3.77. The maximum Gasteiger partial charge on any atom is 0.182 e. The summed E-state index contributed by atoms with van der Waals surface area (Å²) < 4.78 is 45.4. The highest BCUT2D eigenvalue weighted by molar-refractivity contribution is 7.92. The first-order chi connectivity index (χ1) is 11.9. The molecule has 4 nitrogen and oxygen atoms in total. The molecule has 2 aromatic rings. The monoisotopic (exact) mass is 363 g/mol. The molecule has 0 saturated heterocycles. The van der Waals surface area contributed by atoms with Gasteiger partial charge < -0.3 is 10.5 Å². The molecule has 1 aliphatic rings. The van der Waals surface area contributed by atoms with Gasteiger partial charge in [0, 0.05) is 25.0 Å². The van der Waals surface area contributed by atoms with E-state index in [1.807, 2.05) is 6.92 Å². The van der Waals surface area contributed by atoms with Gasteiger partial charge in [0.05, 0.1) is 16.8 Å². The summed E-state index contributed by atoms with van der Waals surface area (Å²) in [7, 11) is -2.10. The SMILES string of the molecule is COCC1(CN)C(c2cccc(F)c2)C1S(=O)(=O)c1ccc(C)cc1. The highest BCUT2D eigenvalue weighted by atomic mass is 32.2. The van der Waals surface area contributed by atoms with E-state index < -0.39 is 20.5 Å². The van der Waals surface area contributed by atoms with Crippen molar-refractivity contribution in [1.82, 2.24) is 0 Å². The van der Waals surface area contributed by atoms with E-state index in [0.717, 1.165) is 5.56 Å². The molecule has 0 bridgehead atoms. The van der Waals surface area contributed by atoms with Crippen LogP contribution in [0.15, 0.2) is 53.4 Å². The number of methoxy groups -OCH3 is 1. The van der Waals surface area contributed by atoms with Crippen LogP contribution in [-0.4, -0.2) is 33.9 Å². The molecule has 2 aromatic carbocycles. The second kappa shape index (κ2) is 6.52. The van der Waals surface area contributed by atoms with E-state index in [1.165, 1.54) is 19.2 Å². The number of ether oxygens (including phenoxy) is 1. The molecule has 3 unspecified atom stereocenters. The van der Waals surface area contributed by atoms with Gasteiger partial charge in [-0.1, -0.05) is 29.8 Å². The van der Waals surface area contributed by atoms with Crippen LogP contribution in [0.5, 0.6) is 0 Å². The van der Waals surface area contributed by atoms with Gasteiger partial charge in [-0.3, -0.25) is 0 Å². The Morgan fingerprint density at radius 3 is 2.44 bits per heavy atom. The third kappa shape index (κ3) is 2.99. The lowest BCUT2D eigenvalue weighted by Gasteiger charge is -2.15. The summed E-state index contributed by atoms with van der Waals surface area (Å²) in [6.45, 7) is 2.26. The Morgan fingerprint density at radius 2 is 1.88 bits per heavy atom. The van der Waals surface area contributed by atoms with E-state index >= 15 is 0 Å². The number of aryl methyl sites for hydroxylation is 1. The van der Waals surface area contributed by atoms with Gasteiger partial charge in [-0.25, -0.2) is 12.8 Å². The topological polar surface area (TPSA) is 69.4 Å². The standard InChI is InChI=1S/C19H22FNO3S/c1-13-6-8-16(9-7-13)25(22,23)18-17(19(18,11-21)12-24-2)14-4-3-5-15(20)10-14/h3-10,17-18H,11-12,21H2,1-2H3. The lowest BCUT2D eigenvalue weighted by atomic mass is 10.00. The fourth-order valence-corrected chi connectivity index (χ4v) is 6.21. The summed E-state index contributed by atoms with van der Waals surface area (Å²) in [5.41, 5.74) is 6.85. The van der Waals surface area contributed by atoms with Crippen LogP contribution in [0.4, 0.5) is 4.39 Å². The van der Waals surface area contributed by atoms with Crippen molar-refractivity contribution in [1.29, 1.82) is 0 Å². The minimum absolute atomic E-state index is 0.151. The van der Waals surface area contributed by atoms with Crippen LogP contribution in [-0.2, 0) is 14.6 Å². The molecule has 134 valence electrons. The van der Waals surface area contributed by atoms with Gasteiger partial charge in [-0.05, 0) is 36.8 Å². The minimum atomic E-state index is -3.62. The maximum atomic E-state index is 13.7. The summed E-state index contributed by atoms with van der Waals surface area (Å²) in [4.78, 5) is 0.260. The fraction of sp³-hybridized carbons (Fsp3) is 0.368. The predicted octanol–water partition coefficient (Wildman–Crippen LogP) is 2.67. The molecule has 0 heterocycles. The number of halogens is 1. The minimum Gasteiger partial charge on any atom is -0.384 e. The lowest BCUT2D eigenvalue weighted by molar-refractivity contribution is 0.142. The van der Waals surface area contributed by atoms with Gasteiger partial charge in [0.25, 0.3) is 0 Å². The number of rotatable bonds is 6. The number of nitrogens with two attached hydrogens (primary N) is 1. The van der Waals surface area contributed by atoms with Crippen LogP contribution in [0.3, 0.4) is 0 Å². The molecule has 0 aliphatic heterocycles. The number of sulfone groups is 1. The summed E-state index contributed by atoms with van der Waals surface area (Å²) in [6, 6.07) is 12.8. The second-order valence-electron chi connectivity index (χ2n) is 6.68. The van der Waals surface area contributed by atoms with Crippen LogP contribution < -0.4 is 5.73 Å². The smallest absolute Gasteiger partial charge is 0.182 e. The molecule has 6 heteroatoms. The highest BCUT2D eigenvalue weighted by Gasteiger charge is 2.70. The molecule has 3 rings (SSSR count). The Bertz CT molecular complexity index is 866. The third-order valence-corrected chi connectivity index (χ3v) is 7.40. The van der Waals surface area contributed by atoms with Crippen molar-refractivity contribution in [2.75, 3.05) is 20.3 Å². The molecule has 0 spiro atoms. The Hall–Kier alpha value is -1.76. The van der Waals surface area contributed by atoms with Gasteiger partial charge in [-0.15, -0.1) is 0 Å². The van der Waals surface area contributed by atoms with Crippen molar-refractivity contribution in [3.8, 4) is 0 Å². The molecule has 0 amide bonds. The number of hydrogen-bond acceptors (Lipinski definition) is 4. The number of hydrogen-bond donors (Lipinski definition) is 1. The first kappa shape index (κ1) is 18.0. The first-order valence-corrected chi connectivity index (χ1v) is 9.66. The predicted molar refractivity (Wildman–Crippen MR) is 94.7 cm³/mol. The van der Waals surface area contributed by atoms with Crippen LogP contribution in [0, 0.1) is 18.2 Å². The normalized spacial score (nSPS) is 25.8. The molecule has 25 heavy (non-hydrogen) atoms. The van der Waals surface area contributed by atoms with E-state index in [0.29, 0.717) is 5.56 Å². The molecule has 3 atom stereocenters. The van der Waals surface area contributed by atoms with Gasteiger partial charge in [0.2, 0.25) is 0 Å². The lowest BCUT2D eigenvalue weighted by Crippen LogP contribution is -2.28. The van der Waals surface area contributed by atoms with E-state index in [4.69, 9.17) is 10.5 Å². The van der Waals surface area contributed by atoms with E-state index in [-0.39, 0.29) is 29.8 Å². The average molecular weight is 363 g/mol. The van der Waals surface area contributed by atoms with Crippen molar-refractivity contribution >= 4 is 9.84 Å². The van der Waals surface area contributed by atoms with E-state index in [2.05, 4.69) is 0 Å². The highest BCUT2D eigenvalue weighted by Crippen LogP contribution is 2.63. The maximum absolute atomic E-state index is 13.7. The zero-order valence-corrected chi connectivity index (χ0v) is 15.1. The molecule has 0 aromatic heterocycles. The third-order valence-electron chi connectivity index (χ3n) is 5.06. The summed E-state index contributed by atoms with van der Waals surface area (Å²) in [6.07, 6.45) is 0. The largest absolute Gasteiger partial charge is 0.384 e. The first-order valence-electron chi connectivity index (χ1n) is 8.12. The Balaban J connectivity index is 2.07. The van der Waals surface area contributed by atoms with Crippen molar-refractivity contribution in [3.05, 3.63) is 65.5 Å². The van der Waals surface area contributed by atoms with Crippen LogP contribution in [0.25, 0.3) is 0 Å².